The predicted octanol–water partition coefficient (Wildman–Crippen LogP) is 3.93. The van der Waals surface area contributed by atoms with Gasteiger partial charge >= 0.3 is 0 Å². The summed E-state index contributed by atoms with van der Waals surface area (Å²) in [6.07, 6.45) is 0.731. The highest BCUT2D eigenvalue weighted by Crippen LogP contribution is 2.24. The molecule has 1 N–H and O–H groups in total. The van der Waals surface area contributed by atoms with Crippen LogP contribution in [0.25, 0.3) is 22.5 Å². The van der Waals surface area contributed by atoms with E-state index in [1.807, 2.05) is 43.3 Å². The van der Waals surface area contributed by atoms with E-state index in [9.17, 15) is 4.79 Å². The molecule has 0 aliphatic carbocycles. The number of fused-ring (bicyclic) bond motifs is 1. The molecule has 0 fully saturated rings. The zero-order chi connectivity index (χ0) is 18.8. The molecule has 0 saturated heterocycles. The molecule has 4 aromatic rings. The number of aromatic nitrogens is 3. The van der Waals surface area contributed by atoms with E-state index in [4.69, 9.17) is 8.94 Å². The van der Waals surface area contributed by atoms with E-state index in [1.54, 1.807) is 19.1 Å². The topological polar surface area (TPSA) is 94.1 Å². The summed E-state index contributed by atoms with van der Waals surface area (Å²) in [5.41, 5.74) is 2.83. The lowest BCUT2D eigenvalue weighted by molar-refractivity contribution is 0.0932. The minimum atomic E-state index is -0.415. The monoisotopic (exact) mass is 362 g/mol. The number of nitrogens with zero attached hydrogens (tertiary/aromatic N) is 3. The van der Waals surface area contributed by atoms with Crippen LogP contribution in [0.3, 0.4) is 0 Å². The molecule has 2 aromatic heterocycles. The second-order valence-corrected chi connectivity index (χ2v) is 6.16. The Balaban J connectivity index is 1.53. The van der Waals surface area contributed by atoms with Gasteiger partial charge in [-0.2, -0.15) is 4.98 Å². The Kier molecular flexibility index (Phi) is 4.42. The number of hydrogen-bond acceptors (Lipinski definition) is 6. The molecule has 0 aliphatic heterocycles. The van der Waals surface area contributed by atoms with Crippen molar-refractivity contribution >= 4 is 17.0 Å². The number of benzene rings is 2. The van der Waals surface area contributed by atoms with Crippen LogP contribution in [0.15, 0.2) is 57.5 Å². The lowest BCUT2D eigenvalue weighted by atomic mass is 10.2. The van der Waals surface area contributed by atoms with Crippen LogP contribution in [0.2, 0.25) is 0 Å². The molecular weight excluding hydrogens is 344 g/mol. The first-order chi connectivity index (χ1) is 13.1. The van der Waals surface area contributed by atoms with Crippen LogP contribution in [0.4, 0.5) is 0 Å². The zero-order valence-electron chi connectivity index (χ0n) is 15.0. The van der Waals surface area contributed by atoms with Gasteiger partial charge in [0, 0.05) is 17.5 Å². The van der Waals surface area contributed by atoms with Gasteiger partial charge in [0.2, 0.25) is 11.7 Å². The Morgan fingerprint density at radius 2 is 1.96 bits per heavy atom. The van der Waals surface area contributed by atoms with E-state index in [1.165, 1.54) is 0 Å². The van der Waals surface area contributed by atoms with E-state index < -0.39 is 6.04 Å². The smallest absolute Gasteiger partial charge is 0.251 e. The van der Waals surface area contributed by atoms with Crippen molar-refractivity contribution in [3.8, 4) is 11.4 Å². The second kappa shape index (κ2) is 7.03. The third-order valence-corrected chi connectivity index (χ3v) is 4.19. The molecule has 4 rings (SSSR count). The van der Waals surface area contributed by atoms with Crippen LogP contribution in [0.5, 0.6) is 0 Å². The fourth-order valence-corrected chi connectivity index (χ4v) is 2.73. The molecule has 136 valence electrons. The normalized spacial score (nSPS) is 12.2. The van der Waals surface area contributed by atoms with E-state index in [0.717, 1.165) is 23.1 Å². The van der Waals surface area contributed by atoms with Crippen LogP contribution in [0, 0.1) is 0 Å². The molecule has 0 aliphatic rings. The SMILES string of the molecule is CCc1nc2cc(-c3noc([C@@H](C)NC(=O)c4ccccc4)n3)ccc2o1. The quantitative estimate of drug-likeness (QED) is 0.578. The van der Waals surface area contributed by atoms with Gasteiger partial charge in [0.15, 0.2) is 11.5 Å². The summed E-state index contributed by atoms with van der Waals surface area (Å²) in [7, 11) is 0. The molecule has 7 heteroatoms. The number of nitrogens with one attached hydrogen (secondary N) is 1. The average molecular weight is 362 g/mol. The van der Waals surface area contributed by atoms with Gasteiger partial charge in [0.25, 0.3) is 5.91 Å². The Morgan fingerprint density at radius 1 is 1.15 bits per heavy atom. The maximum Gasteiger partial charge on any atom is 0.251 e. The summed E-state index contributed by atoms with van der Waals surface area (Å²) < 4.78 is 11.0. The van der Waals surface area contributed by atoms with E-state index in [-0.39, 0.29) is 5.91 Å². The molecule has 0 bridgehead atoms. The number of carbonyl (C=O) groups excluding carboxylic acids is 1. The molecule has 1 atom stereocenters. The fraction of sp³-hybridized carbons (Fsp3) is 0.200. The first kappa shape index (κ1) is 17.0. The van der Waals surface area contributed by atoms with Gasteiger partial charge in [0.1, 0.15) is 11.6 Å². The highest BCUT2D eigenvalue weighted by Gasteiger charge is 2.18. The van der Waals surface area contributed by atoms with Crippen molar-refractivity contribution in [2.45, 2.75) is 26.3 Å². The lowest BCUT2D eigenvalue weighted by Crippen LogP contribution is -2.26. The van der Waals surface area contributed by atoms with Gasteiger partial charge < -0.3 is 14.3 Å². The van der Waals surface area contributed by atoms with Crippen molar-refractivity contribution in [1.82, 2.24) is 20.4 Å². The van der Waals surface area contributed by atoms with E-state index in [0.29, 0.717) is 23.2 Å². The summed E-state index contributed by atoms with van der Waals surface area (Å²) in [6.45, 7) is 3.79. The first-order valence-corrected chi connectivity index (χ1v) is 8.73. The third-order valence-electron chi connectivity index (χ3n) is 4.19. The largest absolute Gasteiger partial charge is 0.441 e. The first-order valence-electron chi connectivity index (χ1n) is 8.73. The van der Waals surface area contributed by atoms with Crippen LogP contribution in [-0.2, 0) is 6.42 Å². The molecule has 0 unspecified atom stereocenters. The summed E-state index contributed by atoms with van der Waals surface area (Å²) in [6, 6.07) is 14.1. The molecule has 1 amide bonds. The molecule has 7 nitrogen and oxygen atoms in total. The Hall–Kier alpha value is -3.48. The van der Waals surface area contributed by atoms with Crippen molar-refractivity contribution in [2.24, 2.45) is 0 Å². The second-order valence-electron chi connectivity index (χ2n) is 6.16. The summed E-state index contributed by atoms with van der Waals surface area (Å²) in [4.78, 5) is 21.1. The third kappa shape index (κ3) is 3.44. The minimum Gasteiger partial charge on any atom is -0.441 e. The van der Waals surface area contributed by atoms with Gasteiger partial charge in [-0.15, -0.1) is 0 Å². The summed E-state index contributed by atoms with van der Waals surface area (Å²) >= 11 is 0. The van der Waals surface area contributed by atoms with Gasteiger partial charge in [-0.25, -0.2) is 4.98 Å². The fourth-order valence-electron chi connectivity index (χ4n) is 2.73. The van der Waals surface area contributed by atoms with Gasteiger partial charge in [-0.1, -0.05) is 30.3 Å². The standard InChI is InChI=1S/C20H18N4O3/c1-3-17-22-15-11-14(9-10-16(15)26-17)18-23-20(27-24-18)12(2)21-19(25)13-7-5-4-6-8-13/h4-12H,3H2,1-2H3,(H,21,25)/t12-/m1/s1. The van der Waals surface area contributed by atoms with Crippen molar-refractivity contribution in [2.75, 3.05) is 0 Å². The molecule has 27 heavy (non-hydrogen) atoms. The predicted molar refractivity (Wildman–Crippen MR) is 99.0 cm³/mol. The maximum absolute atomic E-state index is 12.3. The highest BCUT2D eigenvalue weighted by atomic mass is 16.5. The minimum absolute atomic E-state index is 0.195. The average Bonchev–Trinajstić information content (AvgIpc) is 3.35. The Morgan fingerprint density at radius 3 is 2.74 bits per heavy atom. The number of oxazole rings is 1. The molecule has 2 aromatic carbocycles. The lowest BCUT2D eigenvalue weighted by Gasteiger charge is -2.09. The summed E-state index contributed by atoms with van der Waals surface area (Å²) in [5.74, 6) is 1.27. The molecule has 0 spiro atoms. The number of rotatable bonds is 5. The number of amides is 1. The van der Waals surface area contributed by atoms with Crippen molar-refractivity contribution in [3.05, 3.63) is 65.9 Å². The number of aryl methyl sites for hydroxylation is 1. The molecule has 2 heterocycles. The molecule has 0 radical (unpaired) electrons. The summed E-state index contributed by atoms with van der Waals surface area (Å²) in [5, 5.41) is 6.88. The van der Waals surface area contributed by atoms with Crippen LogP contribution < -0.4 is 5.32 Å². The van der Waals surface area contributed by atoms with Crippen molar-refractivity contribution < 1.29 is 13.7 Å². The van der Waals surface area contributed by atoms with Crippen LogP contribution in [-0.4, -0.2) is 21.0 Å². The van der Waals surface area contributed by atoms with Crippen molar-refractivity contribution in [1.29, 1.82) is 0 Å². The number of hydrogen-bond donors (Lipinski definition) is 1. The highest BCUT2D eigenvalue weighted by molar-refractivity contribution is 5.94. The number of carbonyl (C=O) groups is 1. The van der Waals surface area contributed by atoms with Crippen LogP contribution in [0.1, 0.15) is 42.0 Å². The van der Waals surface area contributed by atoms with Gasteiger partial charge in [0.05, 0.1) is 0 Å². The van der Waals surface area contributed by atoms with Gasteiger partial charge in [-0.3, -0.25) is 4.79 Å². The molecular formula is C20H18N4O3. The Labute approximate surface area is 155 Å². The van der Waals surface area contributed by atoms with E-state index >= 15 is 0 Å². The van der Waals surface area contributed by atoms with Crippen LogP contribution >= 0.6 is 0 Å². The van der Waals surface area contributed by atoms with E-state index in [2.05, 4.69) is 20.4 Å². The zero-order valence-corrected chi connectivity index (χ0v) is 15.0. The van der Waals surface area contributed by atoms with Crippen molar-refractivity contribution in [3.63, 3.8) is 0 Å². The maximum atomic E-state index is 12.3. The Bertz CT molecular complexity index is 1090. The molecule has 0 saturated carbocycles. The van der Waals surface area contributed by atoms with Gasteiger partial charge in [-0.05, 0) is 37.3 Å².